The summed E-state index contributed by atoms with van der Waals surface area (Å²) in [6.45, 7) is 9.48. The van der Waals surface area contributed by atoms with E-state index in [1.807, 2.05) is 4.68 Å². The van der Waals surface area contributed by atoms with Crippen molar-refractivity contribution in [2.75, 3.05) is 31.9 Å². The van der Waals surface area contributed by atoms with E-state index >= 15 is 0 Å². The first-order chi connectivity index (χ1) is 7.68. The predicted octanol–water partition coefficient (Wildman–Crippen LogP) is 0.451. The topological polar surface area (TPSA) is 59.1 Å². The third-order valence-corrected chi connectivity index (χ3v) is 3.00. The van der Waals surface area contributed by atoms with Crippen LogP contribution in [0.4, 0.5) is 5.69 Å². The molecule has 0 aromatic carbocycles. The van der Waals surface area contributed by atoms with Gasteiger partial charge < -0.3 is 11.1 Å². The van der Waals surface area contributed by atoms with Gasteiger partial charge in [0, 0.05) is 38.8 Å². The lowest BCUT2D eigenvalue weighted by Crippen LogP contribution is -2.43. The largest absolute Gasteiger partial charge is 0.396 e. The van der Waals surface area contributed by atoms with E-state index in [1.54, 1.807) is 6.20 Å². The highest BCUT2D eigenvalue weighted by atomic mass is 15.3. The van der Waals surface area contributed by atoms with Crippen LogP contribution in [0.1, 0.15) is 25.6 Å². The molecule has 0 aliphatic carbocycles. The summed E-state index contributed by atoms with van der Waals surface area (Å²) in [7, 11) is 0. The first kappa shape index (κ1) is 11.4. The van der Waals surface area contributed by atoms with Gasteiger partial charge in [-0.25, -0.2) is 0 Å². The first-order valence-corrected chi connectivity index (χ1v) is 5.93. The summed E-state index contributed by atoms with van der Waals surface area (Å²) in [6.07, 6.45) is 1.76. The van der Waals surface area contributed by atoms with Crippen molar-refractivity contribution >= 4 is 5.69 Å². The van der Waals surface area contributed by atoms with Crippen LogP contribution >= 0.6 is 0 Å². The highest BCUT2D eigenvalue weighted by Gasteiger charge is 2.16. The van der Waals surface area contributed by atoms with Crippen LogP contribution < -0.4 is 11.1 Å². The Hall–Kier alpha value is -1.07. The fourth-order valence-corrected chi connectivity index (χ4v) is 2.09. The van der Waals surface area contributed by atoms with Crippen molar-refractivity contribution < 1.29 is 0 Å². The molecule has 1 aromatic rings. The molecule has 1 saturated heterocycles. The third kappa shape index (κ3) is 2.36. The molecular formula is C11H21N5. The Morgan fingerprint density at radius 1 is 1.44 bits per heavy atom. The molecule has 5 heteroatoms. The van der Waals surface area contributed by atoms with Crippen molar-refractivity contribution in [1.29, 1.82) is 0 Å². The summed E-state index contributed by atoms with van der Waals surface area (Å²) in [5.74, 6) is 0. The molecule has 0 atom stereocenters. The van der Waals surface area contributed by atoms with Gasteiger partial charge in [-0.15, -0.1) is 0 Å². The smallest absolute Gasteiger partial charge is 0.0756 e. The zero-order valence-corrected chi connectivity index (χ0v) is 10.1. The van der Waals surface area contributed by atoms with Crippen LogP contribution in [-0.2, 0) is 6.54 Å². The Morgan fingerprint density at radius 3 is 2.75 bits per heavy atom. The van der Waals surface area contributed by atoms with Crippen LogP contribution in [0, 0.1) is 0 Å². The minimum Gasteiger partial charge on any atom is -0.396 e. The molecule has 1 fully saturated rings. The molecule has 0 unspecified atom stereocenters. The van der Waals surface area contributed by atoms with Gasteiger partial charge >= 0.3 is 0 Å². The number of nitrogens with one attached hydrogen (secondary N) is 1. The first-order valence-electron chi connectivity index (χ1n) is 5.93. The number of rotatable bonds is 3. The van der Waals surface area contributed by atoms with Crippen LogP contribution in [0.3, 0.4) is 0 Å². The number of anilines is 1. The summed E-state index contributed by atoms with van der Waals surface area (Å²) in [4.78, 5) is 2.42. The van der Waals surface area contributed by atoms with Crippen molar-refractivity contribution in [1.82, 2.24) is 20.0 Å². The fraction of sp³-hybridized carbons (Fsp3) is 0.727. The number of nitrogens with two attached hydrogens (primary N) is 1. The SMILES string of the molecule is CC(C)n1ncc(N)c1CN1CCNCC1. The normalized spacial score (nSPS) is 18.2. The van der Waals surface area contributed by atoms with Crippen molar-refractivity contribution in [2.45, 2.75) is 26.4 Å². The van der Waals surface area contributed by atoms with E-state index in [0.717, 1.165) is 44.1 Å². The lowest BCUT2D eigenvalue weighted by Gasteiger charge is -2.27. The van der Waals surface area contributed by atoms with Crippen molar-refractivity contribution in [3.05, 3.63) is 11.9 Å². The van der Waals surface area contributed by atoms with E-state index in [2.05, 4.69) is 29.2 Å². The van der Waals surface area contributed by atoms with E-state index in [1.165, 1.54) is 0 Å². The summed E-state index contributed by atoms with van der Waals surface area (Å²) in [5.41, 5.74) is 7.93. The second kappa shape index (κ2) is 4.84. The molecule has 0 amide bonds. The molecule has 2 heterocycles. The van der Waals surface area contributed by atoms with Crippen LogP contribution in [-0.4, -0.2) is 40.9 Å². The Morgan fingerprint density at radius 2 is 2.12 bits per heavy atom. The summed E-state index contributed by atoms with van der Waals surface area (Å²) >= 11 is 0. The Kier molecular flexibility index (Phi) is 3.46. The molecular weight excluding hydrogens is 202 g/mol. The summed E-state index contributed by atoms with van der Waals surface area (Å²) in [5, 5.41) is 7.68. The Balaban J connectivity index is 2.09. The lowest BCUT2D eigenvalue weighted by molar-refractivity contribution is 0.225. The van der Waals surface area contributed by atoms with Crippen LogP contribution in [0.2, 0.25) is 0 Å². The molecule has 1 aromatic heterocycles. The zero-order valence-electron chi connectivity index (χ0n) is 10.1. The maximum Gasteiger partial charge on any atom is 0.0756 e. The van der Waals surface area contributed by atoms with Gasteiger partial charge in [-0.2, -0.15) is 5.10 Å². The third-order valence-electron chi connectivity index (χ3n) is 3.00. The minimum absolute atomic E-state index is 0.371. The quantitative estimate of drug-likeness (QED) is 0.781. The second-order valence-electron chi connectivity index (χ2n) is 4.61. The van der Waals surface area contributed by atoms with Gasteiger partial charge in [-0.05, 0) is 13.8 Å². The monoisotopic (exact) mass is 223 g/mol. The molecule has 0 bridgehead atoms. The average Bonchev–Trinajstić information content (AvgIpc) is 2.62. The highest BCUT2D eigenvalue weighted by Crippen LogP contribution is 2.17. The summed E-state index contributed by atoms with van der Waals surface area (Å²) in [6, 6.07) is 0.371. The van der Waals surface area contributed by atoms with Crippen LogP contribution in [0.25, 0.3) is 0 Å². The predicted molar refractivity (Wildman–Crippen MR) is 65.2 cm³/mol. The molecule has 16 heavy (non-hydrogen) atoms. The molecule has 3 N–H and O–H groups in total. The molecule has 90 valence electrons. The number of nitrogen functional groups attached to an aromatic ring is 1. The number of piperazine rings is 1. The lowest BCUT2D eigenvalue weighted by atomic mass is 10.2. The Bertz CT molecular complexity index is 338. The van der Waals surface area contributed by atoms with E-state index in [9.17, 15) is 0 Å². The van der Waals surface area contributed by atoms with E-state index in [4.69, 9.17) is 5.73 Å². The van der Waals surface area contributed by atoms with Gasteiger partial charge in [0.2, 0.25) is 0 Å². The molecule has 2 rings (SSSR count). The standard InChI is InChI=1S/C11H21N5/c1-9(2)16-11(10(12)7-14-16)8-15-5-3-13-4-6-15/h7,9,13H,3-6,8,12H2,1-2H3. The maximum absolute atomic E-state index is 5.97. The minimum atomic E-state index is 0.371. The van der Waals surface area contributed by atoms with Gasteiger partial charge in [0.1, 0.15) is 0 Å². The average molecular weight is 223 g/mol. The molecule has 0 saturated carbocycles. The van der Waals surface area contributed by atoms with Crippen molar-refractivity contribution in [2.24, 2.45) is 0 Å². The highest BCUT2D eigenvalue weighted by molar-refractivity contribution is 5.41. The van der Waals surface area contributed by atoms with Gasteiger partial charge in [0.05, 0.1) is 17.6 Å². The zero-order chi connectivity index (χ0) is 11.5. The molecule has 0 spiro atoms. The maximum atomic E-state index is 5.97. The number of aromatic nitrogens is 2. The number of hydrogen-bond acceptors (Lipinski definition) is 4. The molecule has 1 aliphatic heterocycles. The second-order valence-corrected chi connectivity index (χ2v) is 4.61. The number of hydrogen-bond donors (Lipinski definition) is 2. The summed E-state index contributed by atoms with van der Waals surface area (Å²) < 4.78 is 2.03. The number of nitrogens with zero attached hydrogens (tertiary/aromatic N) is 3. The Labute approximate surface area is 96.6 Å². The van der Waals surface area contributed by atoms with Gasteiger partial charge in [0.25, 0.3) is 0 Å². The van der Waals surface area contributed by atoms with Gasteiger partial charge in [-0.1, -0.05) is 0 Å². The molecule has 0 radical (unpaired) electrons. The van der Waals surface area contributed by atoms with E-state index < -0.39 is 0 Å². The van der Waals surface area contributed by atoms with Gasteiger partial charge in [0.15, 0.2) is 0 Å². The molecule has 1 aliphatic rings. The molecule has 5 nitrogen and oxygen atoms in total. The van der Waals surface area contributed by atoms with E-state index in [0.29, 0.717) is 6.04 Å². The van der Waals surface area contributed by atoms with Crippen LogP contribution in [0.15, 0.2) is 6.20 Å². The van der Waals surface area contributed by atoms with E-state index in [-0.39, 0.29) is 0 Å². The fourth-order valence-electron chi connectivity index (χ4n) is 2.09. The van der Waals surface area contributed by atoms with Crippen molar-refractivity contribution in [3.63, 3.8) is 0 Å². The van der Waals surface area contributed by atoms with Crippen LogP contribution in [0.5, 0.6) is 0 Å². The van der Waals surface area contributed by atoms with Gasteiger partial charge in [-0.3, -0.25) is 9.58 Å². The van der Waals surface area contributed by atoms with Crippen molar-refractivity contribution in [3.8, 4) is 0 Å².